The molecule has 4 heteroatoms. The Labute approximate surface area is 115 Å². The highest BCUT2D eigenvalue weighted by molar-refractivity contribution is 6.00. The van der Waals surface area contributed by atoms with Crippen molar-refractivity contribution >= 4 is 5.78 Å². The van der Waals surface area contributed by atoms with Gasteiger partial charge in [0.25, 0.3) is 0 Å². The highest BCUT2D eigenvalue weighted by atomic mass is 19.1. The first-order chi connectivity index (χ1) is 9.63. The van der Waals surface area contributed by atoms with E-state index in [4.69, 9.17) is 0 Å². The number of hydrogen-bond acceptors (Lipinski definition) is 2. The van der Waals surface area contributed by atoms with E-state index in [0.29, 0.717) is 13.0 Å². The van der Waals surface area contributed by atoms with E-state index in [1.165, 1.54) is 0 Å². The Morgan fingerprint density at radius 1 is 1.05 bits per heavy atom. The van der Waals surface area contributed by atoms with Gasteiger partial charge in [0.1, 0.15) is 11.6 Å². The van der Waals surface area contributed by atoms with E-state index in [1.54, 1.807) is 0 Å². The minimum atomic E-state index is -0.732. The molecule has 3 rings (SSSR count). The molecule has 20 heavy (non-hydrogen) atoms. The molecule has 1 unspecified atom stereocenters. The number of carbonyl (C=O) groups excluding carboxylic acids is 1. The summed E-state index contributed by atoms with van der Waals surface area (Å²) in [5, 5.41) is 3.12. The van der Waals surface area contributed by atoms with Gasteiger partial charge in [0.05, 0.1) is 6.04 Å². The summed E-state index contributed by atoms with van der Waals surface area (Å²) in [4.78, 5) is 12.3. The molecule has 0 saturated carbocycles. The van der Waals surface area contributed by atoms with Crippen LogP contribution in [0, 0.1) is 11.6 Å². The van der Waals surface area contributed by atoms with Crippen LogP contribution in [0.15, 0.2) is 42.5 Å². The van der Waals surface area contributed by atoms with Crippen LogP contribution in [0.2, 0.25) is 0 Å². The van der Waals surface area contributed by atoms with Crippen LogP contribution < -0.4 is 5.32 Å². The van der Waals surface area contributed by atoms with Crippen molar-refractivity contribution in [3.8, 4) is 0 Å². The zero-order valence-electron chi connectivity index (χ0n) is 10.7. The number of rotatable bonds is 2. The lowest BCUT2D eigenvalue weighted by Gasteiger charge is -2.25. The van der Waals surface area contributed by atoms with E-state index in [9.17, 15) is 13.6 Å². The highest BCUT2D eigenvalue weighted by Crippen LogP contribution is 2.19. The minimum absolute atomic E-state index is 0.0689. The Balaban J connectivity index is 1.86. The molecule has 1 aliphatic rings. The molecule has 0 bridgehead atoms. The predicted octanol–water partition coefficient (Wildman–Crippen LogP) is 2.86. The average molecular weight is 273 g/mol. The summed E-state index contributed by atoms with van der Waals surface area (Å²) >= 11 is 0. The summed E-state index contributed by atoms with van der Waals surface area (Å²) < 4.78 is 26.4. The monoisotopic (exact) mass is 273 g/mol. The summed E-state index contributed by atoms with van der Waals surface area (Å²) in [7, 11) is 0. The molecule has 1 N–H and O–H groups in total. The van der Waals surface area contributed by atoms with Crippen LogP contribution in [-0.2, 0) is 13.0 Å². The van der Waals surface area contributed by atoms with Crippen molar-refractivity contribution in [3.05, 3.63) is 70.8 Å². The van der Waals surface area contributed by atoms with Gasteiger partial charge >= 0.3 is 0 Å². The van der Waals surface area contributed by atoms with Crippen molar-refractivity contribution in [2.24, 2.45) is 0 Å². The van der Waals surface area contributed by atoms with Crippen LogP contribution in [0.5, 0.6) is 0 Å². The maximum absolute atomic E-state index is 13.2. The Bertz CT molecular complexity index is 649. The second-order valence-electron chi connectivity index (χ2n) is 4.93. The fourth-order valence-corrected chi connectivity index (χ4v) is 2.54. The second-order valence-corrected chi connectivity index (χ2v) is 4.93. The van der Waals surface area contributed by atoms with E-state index in [1.807, 2.05) is 24.3 Å². The SMILES string of the molecule is O=C(c1cc(F)cc(F)c1)C1Cc2ccccc2CN1. The number of ketones is 1. The molecule has 1 aliphatic heterocycles. The first-order valence-corrected chi connectivity index (χ1v) is 6.44. The molecule has 2 aromatic carbocycles. The van der Waals surface area contributed by atoms with Crippen molar-refractivity contribution in [3.63, 3.8) is 0 Å². The molecule has 0 radical (unpaired) electrons. The summed E-state index contributed by atoms with van der Waals surface area (Å²) in [6, 6.07) is 10.3. The molecule has 1 atom stereocenters. The molecule has 0 aliphatic carbocycles. The van der Waals surface area contributed by atoms with Crippen LogP contribution in [0.25, 0.3) is 0 Å². The lowest BCUT2D eigenvalue weighted by Crippen LogP contribution is -2.41. The molecular formula is C16H13F2NO. The second kappa shape index (κ2) is 5.13. The van der Waals surface area contributed by atoms with Gasteiger partial charge in [-0.15, -0.1) is 0 Å². The van der Waals surface area contributed by atoms with E-state index in [2.05, 4.69) is 5.32 Å². The van der Waals surface area contributed by atoms with Gasteiger partial charge in [-0.3, -0.25) is 4.79 Å². The molecule has 0 spiro atoms. The van der Waals surface area contributed by atoms with E-state index >= 15 is 0 Å². The van der Waals surface area contributed by atoms with Crippen molar-refractivity contribution in [1.29, 1.82) is 0 Å². The molecule has 2 nitrogen and oxygen atoms in total. The van der Waals surface area contributed by atoms with Crippen molar-refractivity contribution in [2.45, 2.75) is 19.0 Å². The Kier molecular flexibility index (Phi) is 3.32. The topological polar surface area (TPSA) is 29.1 Å². The number of benzene rings is 2. The molecule has 102 valence electrons. The third-order valence-electron chi connectivity index (χ3n) is 3.54. The zero-order valence-corrected chi connectivity index (χ0v) is 10.7. The van der Waals surface area contributed by atoms with Gasteiger partial charge in [0, 0.05) is 18.2 Å². The predicted molar refractivity (Wildman–Crippen MR) is 71.5 cm³/mol. The van der Waals surface area contributed by atoms with Gasteiger partial charge in [-0.2, -0.15) is 0 Å². The van der Waals surface area contributed by atoms with Gasteiger partial charge in [0.15, 0.2) is 5.78 Å². The third-order valence-corrected chi connectivity index (χ3v) is 3.54. The fourth-order valence-electron chi connectivity index (χ4n) is 2.54. The molecule has 2 aromatic rings. The lowest BCUT2D eigenvalue weighted by atomic mass is 9.91. The molecular weight excluding hydrogens is 260 g/mol. The Morgan fingerprint density at radius 2 is 1.70 bits per heavy atom. The molecule has 0 fully saturated rings. The van der Waals surface area contributed by atoms with E-state index in [0.717, 1.165) is 29.3 Å². The van der Waals surface area contributed by atoms with Gasteiger partial charge in [-0.25, -0.2) is 8.78 Å². The van der Waals surface area contributed by atoms with Crippen molar-refractivity contribution in [1.82, 2.24) is 5.32 Å². The number of Topliss-reactive ketones (excluding diaryl/α,β-unsaturated/α-hetero) is 1. The third kappa shape index (κ3) is 2.47. The molecule has 0 aromatic heterocycles. The van der Waals surface area contributed by atoms with Gasteiger partial charge in [-0.05, 0) is 29.7 Å². The molecule has 0 saturated heterocycles. The largest absolute Gasteiger partial charge is 0.303 e. The van der Waals surface area contributed by atoms with Crippen molar-refractivity contribution < 1.29 is 13.6 Å². The Hall–Kier alpha value is -2.07. The zero-order chi connectivity index (χ0) is 14.1. The number of hydrogen-bond donors (Lipinski definition) is 1. The minimum Gasteiger partial charge on any atom is -0.303 e. The van der Waals surface area contributed by atoms with E-state index in [-0.39, 0.29) is 11.3 Å². The normalized spacial score (nSPS) is 17.6. The van der Waals surface area contributed by atoms with Crippen molar-refractivity contribution in [2.75, 3.05) is 0 Å². The quantitative estimate of drug-likeness (QED) is 0.852. The number of nitrogens with one attached hydrogen (secondary N) is 1. The fraction of sp³-hybridized carbons (Fsp3) is 0.188. The molecule has 0 amide bonds. The smallest absolute Gasteiger partial charge is 0.180 e. The number of fused-ring (bicyclic) bond motifs is 1. The summed E-state index contributed by atoms with van der Waals surface area (Å²) in [5.74, 6) is -1.74. The van der Waals surface area contributed by atoms with E-state index < -0.39 is 17.7 Å². The maximum atomic E-state index is 13.2. The summed E-state index contributed by atoms with van der Waals surface area (Å²) in [6.07, 6.45) is 0.535. The highest BCUT2D eigenvalue weighted by Gasteiger charge is 2.25. The maximum Gasteiger partial charge on any atom is 0.180 e. The first kappa shape index (κ1) is 12.9. The van der Waals surface area contributed by atoms with Crippen LogP contribution in [-0.4, -0.2) is 11.8 Å². The number of halogens is 2. The lowest BCUT2D eigenvalue weighted by molar-refractivity contribution is 0.0937. The van der Waals surface area contributed by atoms with Crippen LogP contribution in [0.4, 0.5) is 8.78 Å². The summed E-state index contributed by atoms with van der Waals surface area (Å²) in [6.45, 7) is 0.588. The Morgan fingerprint density at radius 3 is 2.40 bits per heavy atom. The first-order valence-electron chi connectivity index (χ1n) is 6.44. The summed E-state index contributed by atoms with van der Waals surface area (Å²) in [5.41, 5.74) is 2.32. The van der Waals surface area contributed by atoms with Gasteiger partial charge < -0.3 is 5.32 Å². The van der Waals surface area contributed by atoms with Crippen LogP contribution in [0.3, 0.4) is 0 Å². The number of carbonyl (C=O) groups is 1. The van der Waals surface area contributed by atoms with Crippen LogP contribution >= 0.6 is 0 Å². The van der Waals surface area contributed by atoms with Crippen LogP contribution in [0.1, 0.15) is 21.5 Å². The molecule has 1 heterocycles. The van der Waals surface area contributed by atoms with Gasteiger partial charge in [0.2, 0.25) is 0 Å². The van der Waals surface area contributed by atoms with Gasteiger partial charge in [-0.1, -0.05) is 24.3 Å². The average Bonchev–Trinajstić information content (AvgIpc) is 2.45. The standard InChI is InChI=1S/C16H13F2NO/c17-13-5-12(6-14(18)8-13)16(20)15-7-10-3-1-2-4-11(10)9-19-15/h1-6,8,15,19H,7,9H2.